The van der Waals surface area contributed by atoms with Crippen LogP contribution in [0.15, 0.2) is 47.4 Å². The van der Waals surface area contributed by atoms with E-state index in [0.717, 1.165) is 13.1 Å². The molecule has 3 rings (SSSR count). The Morgan fingerprint density at radius 2 is 2.05 bits per heavy atom. The highest BCUT2D eigenvalue weighted by atomic mass is 31.2. The summed E-state index contributed by atoms with van der Waals surface area (Å²) in [5.41, 5.74) is -3.33. The Kier molecular flexibility index (Phi) is 8.29. The highest BCUT2D eigenvalue weighted by Gasteiger charge is 2.54. The highest BCUT2D eigenvalue weighted by Crippen LogP contribution is 2.46. The van der Waals surface area contributed by atoms with E-state index in [1.807, 2.05) is 0 Å². The topological polar surface area (TPSA) is 168 Å². The van der Waals surface area contributed by atoms with Crippen LogP contribution in [0.2, 0.25) is 0 Å². The van der Waals surface area contributed by atoms with Gasteiger partial charge in [-0.05, 0) is 46.8 Å². The molecular formula is C24H34N3O10P. The molecule has 0 saturated carbocycles. The number of para-hydroxylation sites is 1. The van der Waals surface area contributed by atoms with Crippen LogP contribution in [0.4, 0.5) is 0 Å². The first-order chi connectivity index (χ1) is 19.0. The van der Waals surface area contributed by atoms with Gasteiger partial charge in [-0.2, -0.15) is 10.1 Å². The average Bonchev–Trinajstić information content (AvgIpc) is 3.10. The largest absolute Gasteiger partial charge is 0.478 e. The minimum atomic E-state index is -4.79. The van der Waals surface area contributed by atoms with E-state index in [2.05, 4.69) is 10.1 Å². The molecule has 1 fully saturated rings. The number of aliphatic hydroxyl groups is 2. The second-order valence-electron chi connectivity index (χ2n) is 8.84. The van der Waals surface area contributed by atoms with E-state index in [9.17, 15) is 24.4 Å². The number of carbonyl (C=O) groups excluding carboxylic acids is 1. The Labute approximate surface area is 224 Å². The number of esters is 1. The van der Waals surface area contributed by atoms with Crippen molar-refractivity contribution in [1.82, 2.24) is 14.6 Å². The number of aliphatic hydroxyl groups excluding tert-OH is 1. The van der Waals surface area contributed by atoms with Crippen molar-refractivity contribution in [3.8, 4) is 11.6 Å². The summed E-state index contributed by atoms with van der Waals surface area (Å²) >= 11 is 0. The zero-order valence-corrected chi connectivity index (χ0v) is 22.5. The first-order valence-corrected chi connectivity index (χ1v) is 13.4. The second kappa shape index (κ2) is 12.4. The van der Waals surface area contributed by atoms with Crippen LogP contribution >= 0.6 is 7.75 Å². The lowest BCUT2D eigenvalue weighted by atomic mass is 9.96. The summed E-state index contributed by atoms with van der Waals surface area (Å²) in [4.78, 5) is 28.7. The van der Waals surface area contributed by atoms with Crippen LogP contribution in [-0.2, 0) is 23.4 Å². The molecule has 3 N–H and O–H groups in total. The molecule has 0 bridgehead atoms. The third-order valence-electron chi connectivity index (χ3n) is 5.25. The van der Waals surface area contributed by atoms with E-state index in [-0.39, 0.29) is 24.3 Å². The second-order valence-corrected chi connectivity index (χ2v) is 10.5. The van der Waals surface area contributed by atoms with Gasteiger partial charge in [-0.15, -0.1) is 0 Å². The van der Waals surface area contributed by atoms with Crippen LogP contribution in [0.1, 0.15) is 45.0 Å². The first kappa shape index (κ1) is 25.5. The molecule has 1 aromatic carbocycles. The molecular weight excluding hydrogens is 521 g/mol. The van der Waals surface area contributed by atoms with Crippen LogP contribution < -0.4 is 20.0 Å². The zero-order valence-electron chi connectivity index (χ0n) is 24.6. The molecule has 0 spiro atoms. The summed E-state index contributed by atoms with van der Waals surface area (Å²) in [6.07, 6.45) is -5.40. The minimum Gasteiger partial charge on any atom is -0.478 e. The molecule has 0 aliphatic carbocycles. The van der Waals surface area contributed by atoms with Crippen molar-refractivity contribution in [2.75, 3.05) is 13.2 Å². The van der Waals surface area contributed by atoms with Gasteiger partial charge in [0.1, 0.15) is 29.6 Å². The van der Waals surface area contributed by atoms with Gasteiger partial charge in [-0.25, -0.2) is 9.36 Å². The normalized spacial score (nSPS) is 27.1. The predicted octanol–water partition coefficient (Wildman–Crippen LogP) is 1.78. The van der Waals surface area contributed by atoms with Gasteiger partial charge >= 0.3 is 19.4 Å². The number of rotatable bonds is 12. The summed E-state index contributed by atoms with van der Waals surface area (Å²) < 4.78 is 66.2. The molecule has 38 heavy (non-hydrogen) atoms. The fourth-order valence-corrected chi connectivity index (χ4v) is 4.78. The van der Waals surface area contributed by atoms with Gasteiger partial charge in [0.25, 0.3) is 0 Å². The minimum absolute atomic E-state index is 0.00341. The number of hydrogen-bond donors (Lipinski definition) is 3. The van der Waals surface area contributed by atoms with Crippen molar-refractivity contribution in [2.24, 2.45) is 0 Å². The van der Waals surface area contributed by atoms with E-state index in [0.29, 0.717) is 4.57 Å². The lowest BCUT2D eigenvalue weighted by Crippen LogP contribution is -2.46. The van der Waals surface area contributed by atoms with E-state index >= 15 is 0 Å². The lowest BCUT2D eigenvalue weighted by Gasteiger charge is -2.27. The molecule has 6 atom stereocenters. The van der Waals surface area contributed by atoms with Gasteiger partial charge in [0.15, 0.2) is 6.23 Å². The first-order valence-electron chi connectivity index (χ1n) is 13.3. The number of ether oxygens (including phenoxy) is 3. The summed E-state index contributed by atoms with van der Waals surface area (Å²) in [5.74, 6) is -1.09. The van der Waals surface area contributed by atoms with Gasteiger partial charge in [0.05, 0.1) is 23.4 Å². The lowest BCUT2D eigenvalue weighted by molar-refractivity contribution is -0.149. The van der Waals surface area contributed by atoms with E-state index in [1.54, 1.807) is 39.0 Å². The summed E-state index contributed by atoms with van der Waals surface area (Å²) in [6, 6.07) is 5.95. The Morgan fingerprint density at radius 3 is 2.68 bits per heavy atom. The molecule has 1 aliphatic heterocycles. The SMILES string of the molecule is [2H]c1cn([C@@H]2O[C@H](C([2H])([2H])O[P@@](=O)(N[C@@H](C)C(=O)OC(C)C)Oc3ccccc3)[C@@H](O)[C@@]2(C)O)c(=O)nc1OCC. The van der Waals surface area contributed by atoms with Crippen LogP contribution in [0, 0.1) is 0 Å². The van der Waals surface area contributed by atoms with E-state index < -0.39 is 62.1 Å². The third kappa shape index (κ3) is 7.19. The Balaban J connectivity index is 1.94. The standard InChI is InChI=1S/C24H34N3O10P/c1-6-33-19-12-13-27(23(30)25-19)22-24(5,31)20(28)18(36-22)14-34-38(32,37-17-10-8-7-9-11-17)26-16(4)21(29)35-15(2)3/h7-13,15-16,18,20,22,28,31H,6,14H2,1-5H3,(H,26,32)/t16-,18+,20+,22+,24+,38-/m0/s1/i12D,14D2. The Hall–Kier alpha value is -2.80. The van der Waals surface area contributed by atoms with Gasteiger partial charge in [-0.1, -0.05) is 18.2 Å². The predicted molar refractivity (Wildman–Crippen MR) is 135 cm³/mol. The van der Waals surface area contributed by atoms with E-state index in [4.69, 9.17) is 27.4 Å². The summed E-state index contributed by atoms with van der Waals surface area (Å²) in [6.45, 7) is 4.19. The molecule has 1 saturated heterocycles. The number of nitrogens with one attached hydrogen (secondary N) is 1. The molecule has 0 amide bonds. The highest BCUT2D eigenvalue weighted by molar-refractivity contribution is 7.52. The molecule has 1 aromatic heterocycles. The quantitative estimate of drug-likeness (QED) is 0.256. The Morgan fingerprint density at radius 1 is 1.37 bits per heavy atom. The average molecular weight is 559 g/mol. The van der Waals surface area contributed by atoms with Crippen molar-refractivity contribution in [2.45, 2.75) is 70.8 Å². The van der Waals surface area contributed by atoms with Gasteiger partial charge < -0.3 is 28.9 Å². The van der Waals surface area contributed by atoms with Crippen LogP contribution in [-0.4, -0.2) is 68.9 Å². The molecule has 2 heterocycles. The molecule has 0 radical (unpaired) electrons. The third-order valence-corrected chi connectivity index (χ3v) is 6.76. The van der Waals surface area contributed by atoms with Crippen molar-refractivity contribution >= 4 is 13.7 Å². The fraction of sp³-hybridized carbons (Fsp3) is 0.542. The Bertz CT molecular complexity index is 1330. The number of aromatic nitrogens is 2. The zero-order chi connectivity index (χ0) is 30.8. The van der Waals surface area contributed by atoms with E-state index in [1.165, 1.54) is 19.1 Å². The molecule has 0 unspecified atom stereocenters. The number of nitrogens with zero attached hydrogens (tertiary/aromatic N) is 2. The number of hydrogen-bond acceptors (Lipinski definition) is 11. The monoisotopic (exact) mass is 558 g/mol. The number of carbonyl (C=O) groups is 1. The molecule has 1 aliphatic rings. The number of benzene rings is 1. The fourth-order valence-electron chi connectivity index (χ4n) is 3.42. The van der Waals surface area contributed by atoms with Crippen molar-refractivity contribution in [1.29, 1.82) is 0 Å². The van der Waals surface area contributed by atoms with Crippen molar-refractivity contribution in [3.05, 3.63) is 53.1 Å². The van der Waals surface area contributed by atoms with Gasteiger partial charge in [-0.3, -0.25) is 13.9 Å². The van der Waals surface area contributed by atoms with Crippen LogP contribution in [0.25, 0.3) is 0 Å². The maximum Gasteiger partial charge on any atom is 0.459 e. The molecule has 13 nitrogen and oxygen atoms in total. The maximum absolute atomic E-state index is 13.9. The molecule has 14 heteroatoms. The van der Waals surface area contributed by atoms with Crippen LogP contribution in [0.5, 0.6) is 11.6 Å². The van der Waals surface area contributed by atoms with Gasteiger partial charge in [0, 0.05) is 12.2 Å². The smallest absolute Gasteiger partial charge is 0.459 e. The van der Waals surface area contributed by atoms with Crippen molar-refractivity contribution in [3.63, 3.8) is 0 Å². The molecule has 210 valence electrons. The van der Waals surface area contributed by atoms with Crippen LogP contribution in [0.3, 0.4) is 0 Å². The van der Waals surface area contributed by atoms with Crippen molar-refractivity contribution < 1.29 is 46.9 Å². The summed E-state index contributed by atoms with van der Waals surface area (Å²) in [5, 5.41) is 24.3. The summed E-state index contributed by atoms with van der Waals surface area (Å²) in [7, 11) is -4.79. The van der Waals surface area contributed by atoms with Gasteiger partial charge in [0.2, 0.25) is 5.88 Å². The molecule has 2 aromatic rings. The maximum atomic E-state index is 13.9.